The van der Waals surface area contributed by atoms with Crippen molar-refractivity contribution in [1.29, 1.82) is 0 Å². The van der Waals surface area contributed by atoms with Crippen LogP contribution in [0.1, 0.15) is 44.9 Å². The Hall–Kier alpha value is -1.24. The molecule has 0 aliphatic heterocycles. The lowest BCUT2D eigenvalue weighted by Crippen LogP contribution is -2.34. The first-order chi connectivity index (χ1) is 9.40. The molecule has 0 spiro atoms. The van der Waals surface area contributed by atoms with Crippen LogP contribution in [0.25, 0.3) is 0 Å². The number of carbonyl (C=O) groups excluding carboxylic acids is 1. The standard InChI is InChI=1S/C14H17BrF3NO2/c1-8(19-12(20)21-13(2,3)4)10-7-9(14(16,17)18)5-6-11(10)15/h5-8H,1-4H3,(H,19,20). The molecule has 0 aromatic heterocycles. The van der Waals surface area contributed by atoms with Gasteiger partial charge in [-0.15, -0.1) is 0 Å². The van der Waals surface area contributed by atoms with Crippen molar-refractivity contribution in [2.75, 3.05) is 0 Å². The number of hydrogen-bond donors (Lipinski definition) is 1. The van der Waals surface area contributed by atoms with Gasteiger partial charge in [-0.1, -0.05) is 15.9 Å². The van der Waals surface area contributed by atoms with Gasteiger partial charge in [-0.2, -0.15) is 13.2 Å². The molecule has 118 valence electrons. The zero-order valence-electron chi connectivity index (χ0n) is 12.1. The molecule has 1 rings (SSSR count). The number of nitrogens with one attached hydrogen (secondary N) is 1. The maximum atomic E-state index is 12.7. The normalized spacial score (nSPS) is 13.7. The molecule has 0 bridgehead atoms. The van der Waals surface area contributed by atoms with Crippen molar-refractivity contribution in [3.63, 3.8) is 0 Å². The molecule has 0 heterocycles. The molecule has 0 saturated carbocycles. The third-order valence-corrected chi connectivity index (χ3v) is 3.25. The Labute approximate surface area is 130 Å². The Morgan fingerprint density at radius 1 is 1.29 bits per heavy atom. The summed E-state index contributed by atoms with van der Waals surface area (Å²) in [6, 6.07) is 2.67. The van der Waals surface area contributed by atoms with Gasteiger partial charge in [0.2, 0.25) is 0 Å². The smallest absolute Gasteiger partial charge is 0.416 e. The summed E-state index contributed by atoms with van der Waals surface area (Å²) < 4.78 is 43.7. The second-order valence-corrected chi connectivity index (χ2v) is 6.46. The van der Waals surface area contributed by atoms with Crippen LogP contribution >= 0.6 is 15.9 Å². The van der Waals surface area contributed by atoms with Crippen molar-refractivity contribution < 1.29 is 22.7 Å². The first-order valence-electron chi connectivity index (χ1n) is 6.26. The molecule has 1 amide bonds. The van der Waals surface area contributed by atoms with Gasteiger partial charge in [-0.3, -0.25) is 0 Å². The summed E-state index contributed by atoms with van der Waals surface area (Å²) in [5, 5.41) is 2.51. The zero-order valence-corrected chi connectivity index (χ0v) is 13.7. The summed E-state index contributed by atoms with van der Waals surface area (Å²) in [5.74, 6) is 0. The maximum Gasteiger partial charge on any atom is 0.416 e. The Balaban J connectivity index is 2.92. The fourth-order valence-corrected chi connectivity index (χ4v) is 2.20. The summed E-state index contributed by atoms with van der Waals surface area (Å²) in [5.41, 5.74) is -1.11. The third kappa shape index (κ3) is 5.57. The molecule has 0 radical (unpaired) electrons. The largest absolute Gasteiger partial charge is 0.444 e. The summed E-state index contributed by atoms with van der Waals surface area (Å²) in [6.45, 7) is 6.70. The second kappa shape index (κ2) is 6.25. The third-order valence-electron chi connectivity index (χ3n) is 2.52. The van der Waals surface area contributed by atoms with E-state index in [0.717, 1.165) is 12.1 Å². The average Bonchev–Trinajstić information content (AvgIpc) is 2.24. The molecule has 1 atom stereocenters. The highest BCUT2D eigenvalue weighted by Crippen LogP contribution is 2.33. The van der Waals surface area contributed by atoms with Gasteiger partial charge >= 0.3 is 12.3 Å². The number of ether oxygens (including phenoxy) is 1. The van der Waals surface area contributed by atoms with Crippen molar-refractivity contribution in [2.24, 2.45) is 0 Å². The molecule has 1 aromatic carbocycles. The zero-order chi connectivity index (χ0) is 16.4. The number of rotatable bonds is 2. The van der Waals surface area contributed by atoms with Crippen LogP contribution in [0.4, 0.5) is 18.0 Å². The first-order valence-corrected chi connectivity index (χ1v) is 7.05. The van der Waals surface area contributed by atoms with E-state index >= 15 is 0 Å². The fourth-order valence-electron chi connectivity index (χ4n) is 1.61. The number of alkyl halides is 3. The van der Waals surface area contributed by atoms with Crippen LogP contribution in [0, 0.1) is 0 Å². The van der Waals surface area contributed by atoms with Gasteiger partial charge in [0, 0.05) is 4.47 Å². The summed E-state index contributed by atoms with van der Waals surface area (Å²) in [6.07, 6.45) is -5.11. The Morgan fingerprint density at radius 3 is 2.33 bits per heavy atom. The van der Waals surface area contributed by atoms with E-state index in [-0.39, 0.29) is 0 Å². The Morgan fingerprint density at radius 2 is 1.86 bits per heavy atom. The molecule has 1 aromatic rings. The molecular formula is C14H17BrF3NO2. The van der Waals surface area contributed by atoms with E-state index in [1.54, 1.807) is 27.7 Å². The van der Waals surface area contributed by atoms with Crippen molar-refractivity contribution >= 4 is 22.0 Å². The van der Waals surface area contributed by atoms with Gasteiger partial charge in [0.05, 0.1) is 11.6 Å². The van der Waals surface area contributed by atoms with E-state index in [9.17, 15) is 18.0 Å². The number of amides is 1. The van der Waals surface area contributed by atoms with Crippen LogP contribution in [0.3, 0.4) is 0 Å². The minimum Gasteiger partial charge on any atom is -0.444 e. The summed E-state index contributed by atoms with van der Waals surface area (Å²) in [7, 11) is 0. The predicted octanol–water partition coefficient (Wildman–Crippen LogP) is 5.05. The van der Waals surface area contributed by atoms with E-state index in [0.29, 0.717) is 10.0 Å². The van der Waals surface area contributed by atoms with Gasteiger partial charge < -0.3 is 10.1 Å². The highest BCUT2D eigenvalue weighted by Gasteiger charge is 2.31. The minimum absolute atomic E-state index is 0.329. The molecular weight excluding hydrogens is 351 g/mol. The molecule has 1 unspecified atom stereocenters. The van der Waals surface area contributed by atoms with E-state index in [1.807, 2.05) is 0 Å². The Kier molecular flexibility index (Phi) is 5.30. The van der Waals surface area contributed by atoms with Crippen LogP contribution in [0.15, 0.2) is 22.7 Å². The lowest BCUT2D eigenvalue weighted by atomic mass is 10.1. The fraction of sp³-hybridized carbons (Fsp3) is 0.500. The van der Waals surface area contributed by atoms with E-state index in [1.165, 1.54) is 6.07 Å². The molecule has 3 nitrogen and oxygen atoms in total. The van der Waals surface area contributed by atoms with Crippen LogP contribution in [-0.4, -0.2) is 11.7 Å². The van der Waals surface area contributed by atoms with E-state index in [4.69, 9.17) is 4.74 Å². The summed E-state index contributed by atoms with van der Waals surface area (Å²) in [4.78, 5) is 11.7. The summed E-state index contributed by atoms with van der Waals surface area (Å²) >= 11 is 3.19. The average molecular weight is 368 g/mol. The quantitative estimate of drug-likeness (QED) is 0.793. The van der Waals surface area contributed by atoms with Crippen LogP contribution in [-0.2, 0) is 10.9 Å². The molecule has 1 N–H and O–H groups in total. The van der Waals surface area contributed by atoms with Crippen molar-refractivity contribution in [3.8, 4) is 0 Å². The number of halogens is 4. The lowest BCUT2D eigenvalue weighted by molar-refractivity contribution is -0.137. The van der Waals surface area contributed by atoms with Crippen molar-refractivity contribution in [2.45, 2.75) is 45.5 Å². The highest BCUT2D eigenvalue weighted by molar-refractivity contribution is 9.10. The van der Waals surface area contributed by atoms with Crippen molar-refractivity contribution in [3.05, 3.63) is 33.8 Å². The first kappa shape index (κ1) is 17.8. The van der Waals surface area contributed by atoms with Crippen LogP contribution < -0.4 is 5.32 Å². The van der Waals surface area contributed by atoms with E-state index < -0.39 is 29.5 Å². The predicted molar refractivity (Wildman–Crippen MR) is 76.9 cm³/mol. The van der Waals surface area contributed by atoms with E-state index in [2.05, 4.69) is 21.2 Å². The number of carbonyl (C=O) groups is 1. The van der Waals surface area contributed by atoms with Crippen LogP contribution in [0.2, 0.25) is 0 Å². The molecule has 0 aliphatic rings. The van der Waals surface area contributed by atoms with Crippen molar-refractivity contribution in [1.82, 2.24) is 5.32 Å². The topological polar surface area (TPSA) is 38.3 Å². The maximum absolute atomic E-state index is 12.7. The molecule has 0 saturated heterocycles. The number of benzene rings is 1. The lowest BCUT2D eigenvalue weighted by Gasteiger charge is -2.23. The van der Waals surface area contributed by atoms with Gasteiger partial charge in [0.25, 0.3) is 0 Å². The SMILES string of the molecule is CC(NC(=O)OC(C)(C)C)c1cc(C(F)(F)F)ccc1Br. The number of alkyl carbamates (subject to hydrolysis) is 1. The van der Waals surface area contributed by atoms with Gasteiger partial charge in [0.15, 0.2) is 0 Å². The molecule has 21 heavy (non-hydrogen) atoms. The van der Waals surface area contributed by atoms with Gasteiger partial charge in [-0.25, -0.2) is 4.79 Å². The Bertz CT molecular complexity index is 524. The van der Waals surface area contributed by atoms with Gasteiger partial charge in [-0.05, 0) is 51.5 Å². The van der Waals surface area contributed by atoms with Gasteiger partial charge in [0.1, 0.15) is 5.60 Å². The molecule has 0 aliphatic carbocycles. The molecule has 0 fully saturated rings. The monoisotopic (exact) mass is 367 g/mol. The number of hydrogen-bond acceptors (Lipinski definition) is 2. The minimum atomic E-state index is -4.43. The molecule has 7 heteroatoms. The highest BCUT2D eigenvalue weighted by atomic mass is 79.9. The van der Waals surface area contributed by atoms with Crippen LogP contribution in [0.5, 0.6) is 0 Å². The second-order valence-electron chi connectivity index (χ2n) is 5.60.